The SMILES string of the molecule is CC[C@@H]1CC(N(Cc2cc(C(F)(F)F)cc(C(F)(F)F)c2)c2ncc(/C=C/C(=O)OC)cn2)CN1C(=O)OC(C)(C)C. The van der Waals surface area contributed by atoms with Crippen LogP contribution >= 0.6 is 0 Å². The summed E-state index contributed by atoms with van der Waals surface area (Å²) in [6, 6.07) is 0.519. The monoisotopic (exact) mass is 602 g/mol. The summed E-state index contributed by atoms with van der Waals surface area (Å²) < 4.78 is 91.5. The first-order valence-electron chi connectivity index (χ1n) is 13.0. The molecule has 230 valence electrons. The lowest BCUT2D eigenvalue weighted by molar-refractivity contribution is -0.143. The van der Waals surface area contributed by atoms with Crippen LogP contribution in [0.2, 0.25) is 0 Å². The minimum atomic E-state index is -5.01. The first-order valence-corrected chi connectivity index (χ1v) is 13.0. The van der Waals surface area contributed by atoms with E-state index in [9.17, 15) is 35.9 Å². The number of alkyl halides is 6. The highest BCUT2D eigenvalue weighted by Crippen LogP contribution is 2.37. The molecule has 1 aromatic heterocycles. The molecule has 2 heterocycles. The molecule has 0 N–H and O–H groups in total. The summed E-state index contributed by atoms with van der Waals surface area (Å²) in [6.07, 6.45) is -4.52. The van der Waals surface area contributed by atoms with Crippen molar-refractivity contribution in [2.75, 3.05) is 18.6 Å². The van der Waals surface area contributed by atoms with Crippen LogP contribution in [0.1, 0.15) is 62.8 Å². The van der Waals surface area contributed by atoms with Crippen molar-refractivity contribution in [1.29, 1.82) is 0 Å². The zero-order valence-corrected chi connectivity index (χ0v) is 23.7. The molecule has 1 fully saturated rings. The van der Waals surface area contributed by atoms with Gasteiger partial charge in [0, 0.05) is 43.2 Å². The van der Waals surface area contributed by atoms with E-state index in [1.165, 1.54) is 35.4 Å². The lowest BCUT2D eigenvalue weighted by atomic mass is 10.0. The number of hydrogen-bond acceptors (Lipinski definition) is 7. The minimum absolute atomic E-state index is 0.0158. The van der Waals surface area contributed by atoms with Gasteiger partial charge in [-0.15, -0.1) is 0 Å². The van der Waals surface area contributed by atoms with E-state index in [-0.39, 0.29) is 30.2 Å². The number of nitrogens with zero attached hydrogens (tertiary/aromatic N) is 4. The van der Waals surface area contributed by atoms with Crippen molar-refractivity contribution in [1.82, 2.24) is 14.9 Å². The summed E-state index contributed by atoms with van der Waals surface area (Å²) in [7, 11) is 1.20. The summed E-state index contributed by atoms with van der Waals surface area (Å²) in [6.45, 7) is 6.65. The van der Waals surface area contributed by atoms with Crippen LogP contribution in [0, 0.1) is 0 Å². The fraction of sp³-hybridized carbons (Fsp3) is 0.500. The maximum absolute atomic E-state index is 13.6. The highest BCUT2D eigenvalue weighted by Gasteiger charge is 2.41. The molecule has 0 radical (unpaired) electrons. The molecule has 8 nitrogen and oxygen atoms in total. The maximum atomic E-state index is 13.6. The molecule has 0 aliphatic carbocycles. The highest BCUT2D eigenvalue weighted by molar-refractivity contribution is 5.86. The van der Waals surface area contributed by atoms with Crippen LogP contribution in [0.25, 0.3) is 6.08 Å². The first kappa shape index (κ1) is 32.7. The third-order valence-corrected chi connectivity index (χ3v) is 6.46. The second kappa shape index (κ2) is 12.6. The lowest BCUT2D eigenvalue weighted by Gasteiger charge is -2.30. The number of methoxy groups -OCH3 is 1. The number of aromatic nitrogens is 2. The molecule has 1 aliphatic heterocycles. The van der Waals surface area contributed by atoms with Gasteiger partial charge in [0.2, 0.25) is 5.95 Å². The summed E-state index contributed by atoms with van der Waals surface area (Å²) in [5.41, 5.74) is -3.53. The second-order valence-electron chi connectivity index (χ2n) is 10.8. The number of hydrogen-bond donors (Lipinski definition) is 0. The molecule has 14 heteroatoms. The fourth-order valence-corrected chi connectivity index (χ4v) is 4.52. The Bertz CT molecular complexity index is 1260. The van der Waals surface area contributed by atoms with Crippen molar-refractivity contribution in [3.8, 4) is 0 Å². The normalized spacial score (nSPS) is 17.9. The number of amides is 1. The molecule has 0 spiro atoms. The zero-order chi connectivity index (χ0) is 31.5. The molecule has 1 saturated heterocycles. The zero-order valence-electron chi connectivity index (χ0n) is 23.7. The predicted octanol–water partition coefficient (Wildman–Crippen LogP) is 6.50. The number of halogens is 6. The Morgan fingerprint density at radius 2 is 1.60 bits per heavy atom. The van der Waals surface area contributed by atoms with Gasteiger partial charge in [-0.2, -0.15) is 26.3 Å². The van der Waals surface area contributed by atoms with Crippen molar-refractivity contribution < 1.29 is 45.4 Å². The Morgan fingerprint density at radius 3 is 2.07 bits per heavy atom. The number of anilines is 1. The van der Waals surface area contributed by atoms with Gasteiger partial charge < -0.3 is 19.3 Å². The van der Waals surface area contributed by atoms with Crippen LogP contribution in [0.15, 0.2) is 36.7 Å². The lowest BCUT2D eigenvalue weighted by Crippen LogP contribution is -2.42. The quantitative estimate of drug-likeness (QED) is 0.203. The first-order chi connectivity index (χ1) is 19.4. The summed E-state index contributed by atoms with van der Waals surface area (Å²) >= 11 is 0. The van der Waals surface area contributed by atoms with Gasteiger partial charge in [0.15, 0.2) is 0 Å². The largest absolute Gasteiger partial charge is 0.466 e. The van der Waals surface area contributed by atoms with Gasteiger partial charge in [-0.25, -0.2) is 19.6 Å². The van der Waals surface area contributed by atoms with Gasteiger partial charge in [0.1, 0.15) is 5.60 Å². The second-order valence-corrected chi connectivity index (χ2v) is 10.8. The van der Waals surface area contributed by atoms with Gasteiger partial charge in [0.25, 0.3) is 0 Å². The smallest absolute Gasteiger partial charge is 0.416 e. The van der Waals surface area contributed by atoms with E-state index < -0.39 is 53.7 Å². The summed E-state index contributed by atoms with van der Waals surface area (Å²) in [5, 5.41) is 0. The molecule has 1 aromatic carbocycles. The van der Waals surface area contributed by atoms with E-state index in [0.29, 0.717) is 30.5 Å². The van der Waals surface area contributed by atoms with Crippen molar-refractivity contribution in [2.45, 2.75) is 77.1 Å². The number of ether oxygens (including phenoxy) is 2. The number of benzene rings is 1. The van der Waals surface area contributed by atoms with Crippen molar-refractivity contribution in [3.05, 3.63) is 58.9 Å². The Hall–Kier alpha value is -3.84. The van der Waals surface area contributed by atoms with Crippen LogP contribution in [0.3, 0.4) is 0 Å². The molecule has 2 aromatic rings. The van der Waals surface area contributed by atoms with Crippen molar-refractivity contribution in [3.63, 3.8) is 0 Å². The number of carbonyl (C=O) groups is 2. The number of carbonyl (C=O) groups excluding carboxylic acids is 2. The van der Waals surface area contributed by atoms with Gasteiger partial charge >= 0.3 is 24.4 Å². The van der Waals surface area contributed by atoms with E-state index in [0.717, 1.165) is 6.08 Å². The molecule has 3 rings (SSSR count). The van der Waals surface area contributed by atoms with E-state index in [2.05, 4.69) is 14.7 Å². The summed E-state index contributed by atoms with van der Waals surface area (Å²) in [4.78, 5) is 35.9. The molecule has 0 bridgehead atoms. The highest BCUT2D eigenvalue weighted by atomic mass is 19.4. The Morgan fingerprint density at radius 1 is 1.02 bits per heavy atom. The van der Waals surface area contributed by atoms with Crippen LogP contribution in [-0.2, 0) is 33.2 Å². The standard InChI is InChI=1S/C28H32F6N4O4/c1-6-21-12-22(16-38(21)25(40)42-26(2,3)4)37(24-35-13-17(14-36-24)7-8-23(39)41-5)15-18-9-19(27(29,30)31)11-20(10-18)28(32,33)34/h7-11,13-14,21-22H,6,12,15-16H2,1-5H3/b8-7+/t21-,22?/m1/s1. The number of likely N-dealkylation sites (tertiary alicyclic amines) is 1. The van der Waals surface area contributed by atoms with Crippen LogP contribution in [-0.4, -0.2) is 58.3 Å². The molecular formula is C28H32F6N4O4. The Balaban J connectivity index is 2.04. The average molecular weight is 603 g/mol. The fourth-order valence-electron chi connectivity index (χ4n) is 4.52. The van der Waals surface area contributed by atoms with Gasteiger partial charge in [0.05, 0.1) is 24.3 Å². The maximum Gasteiger partial charge on any atom is 0.416 e. The van der Waals surface area contributed by atoms with Crippen molar-refractivity contribution >= 4 is 24.1 Å². The Kier molecular flexibility index (Phi) is 9.78. The van der Waals surface area contributed by atoms with Crippen molar-refractivity contribution in [2.24, 2.45) is 0 Å². The minimum Gasteiger partial charge on any atom is -0.466 e. The third kappa shape index (κ3) is 8.58. The number of esters is 1. The molecule has 1 amide bonds. The molecule has 1 aliphatic rings. The van der Waals surface area contributed by atoms with Gasteiger partial charge in [-0.3, -0.25) is 0 Å². The van der Waals surface area contributed by atoms with E-state index in [1.807, 2.05) is 6.92 Å². The van der Waals surface area contributed by atoms with E-state index in [4.69, 9.17) is 4.74 Å². The predicted molar refractivity (Wildman–Crippen MR) is 141 cm³/mol. The molecule has 0 saturated carbocycles. The van der Waals surface area contributed by atoms with E-state index >= 15 is 0 Å². The summed E-state index contributed by atoms with van der Waals surface area (Å²) in [5.74, 6) is -0.605. The average Bonchev–Trinajstić information content (AvgIpc) is 3.33. The third-order valence-electron chi connectivity index (χ3n) is 6.46. The molecule has 2 atom stereocenters. The van der Waals surface area contributed by atoms with Crippen LogP contribution < -0.4 is 4.90 Å². The van der Waals surface area contributed by atoms with Gasteiger partial charge in [-0.1, -0.05) is 6.92 Å². The Labute approximate surface area is 239 Å². The molecule has 1 unspecified atom stereocenters. The van der Waals surface area contributed by atoms with Crippen LogP contribution in [0.5, 0.6) is 0 Å². The molecule has 42 heavy (non-hydrogen) atoms. The topological polar surface area (TPSA) is 84.9 Å². The van der Waals surface area contributed by atoms with E-state index in [1.54, 1.807) is 20.8 Å². The number of rotatable bonds is 7. The molecular weight excluding hydrogens is 570 g/mol. The van der Waals surface area contributed by atoms with Gasteiger partial charge in [-0.05, 0) is 63.5 Å². The van der Waals surface area contributed by atoms with Crippen LogP contribution in [0.4, 0.5) is 37.1 Å².